The van der Waals surface area contributed by atoms with E-state index in [9.17, 15) is 0 Å². The summed E-state index contributed by atoms with van der Waals surface area (Å²) in [5, 5.41) is 3.88. The Kier molecular flexibility index (Phi) is 1.76. The average molecular weight is 197 g/mol. The van der Waals surface area contributed by atoms with Crippen molar-refractivity contribution >= 4 is 11.8 Å². The van der Waals surface area contributed by atoms with E-state index in [0.717, 1.165) is 23.9 Å². The Morgan fingerprint density at radius 3 is 2.54 bits per heavy atom. The van der Waals surface area contributed by atoms with Gasteiger partial charge in [0, 0.05) is 22.6 Å². The molecule has 3 fully saturated rings. The molecule has 3 rings (SSSR count). The highest BCUT2D eigenvalue weighted by molar-refractivity contribution is 8.02. The standard InChI is InChI=1S/C11H19NS/c1-11(2)10(6-13-11)12-9-4-3-7-5-8(7)9/h7-10,12H,3-6H2,1-2H3/t7-,8+,9?,10?/m1/s1. The van der Waals surface area contributed by atoms with Crippen molar-refractivity contribution in [1.82, 2.24) is 5.32 Å². The number of hydrogen-bond donors (Lipinski definition) is 1. The van der Waals surface area contributed by atoms with Crippen LogP contribution in [0.1, 0.15) is 33.1 Å². The predicted molar refractivity (Wildman–Crippen MR) is 58.1 cm³/mol. The molecule has 4 atom stereocenters. The molecule has 0 radical (unpaired) electrons. The summed E-state index contributed by atoms with van der Waals surface area (Å²) in [6, 6.07) is 1.68. The lowest BCUT2D eigenvalue weighted by molar-refractivity contribution is 0.360. The fourth-order valence-corrected chi connectivity index (χ4v) is 4.08. The Hall–Kier alpha value is 0.310. The van der Waals surface area contributed by atoms with Gasteiger partial charge in [0.15, 0.2) is 0 Å². The van der Waals surface area contributed by atoms with Crippen molar-refractivity contribution in [2.24, 2.45) is 11.8 Å². The van der Waals surface area contributed by atoms with Gasteiger partial charge in [-0.3, -0.25) is 0 Å². The van der Waals surface area contributed by atoms with Gasteiger partial charge in [-0.1, -0.05) is 0 Å². The van der Waals surface area contributed by atoms with Crippen LogP contribution in [0.15, 0.2) is 0 Å². The van der Waals surface area contributed by atoms with Gasteiger partial charge in [0.05, 0.1) is 0 Å². The summed E-state index contributed by atoms with van der Waals surface area (Å²) in [5.74, 6) is 3.52. The van der Waals surface area contributed by atoms with E-state index in [1.54, 1.807) is 0 Å². The molecular formula is C11H19NS. The van der Waals surface area contributed by atoms with Crippen LogP contribution in [0.25, 0.3) is 0 Å². The van der Waals surface area contributed by atoms with Gasteiger partial charge in [-0.2, -0.15) is 11.8 Å². The zero-order valence-electron chi connectivity index (χ0n) is 8.55. The second-order valence-corrected chi connectivity index (χ2v) is 7.15. The normalized spacial score (nSPS) is 51.2. The first kappa shape index (κ1) is 8.60. The maximum atomic E-state index is 3.88. The van der Waals surface area contributed by atoms with Crippen molar-refractivity contribution in [2.75, 3.05) is 5.75 Å². The zero-order chi connectivity index (χ0) is 9.05. The first-order valence-corrected chi connectivity index (χ1v) is 6.55. The van der Waals surface area contributed by atoms with E-state index in [2.05, 4.69) is 30.9 Å². The van der Waals surface area contributed by atoms with Crippen molar-refractivity contribution in [2.45, 2.75) is 49.9 Å². The van der Waals surface area contributed by atoms with Crippen LogP contribution >= 0.6 is 11.8 Å². The predicted octanol–water partition coefficient (Wildman–Crippen LogP) is 2.27. The molecule has 1 heterocycles. The van der Waals surface area contributed by atoms with Crippen LogP contribution in [0.3, 0.4) is 0 Å². The minimum absolute atomic E-state index is 0.507. The van der Waals surface area contributed by atoms with Crippen molar-refractivity contribution in [3.8, 4) is 0 Å². The molecule has 0 aromatic rings. The Labute approximate surface area is 85.0 Å². The number of hydrogen-bond acceptors (Lipinski definition) is 2. The maximum absolute atomic E-state index is 3.88. The fraction of sp³-hybridized carbons (Fsp3) is 1.00. The van der Waals surface area contributed by atoms with E-state index < -0.39 is 0 Å². The first-order chi connectivity index (χ1) is 6.17. The zero-order valence-corrected chi connectivity index (χ0v) is 9.36. The fourth-order valence-electron chi connectivity index (χ4n) is 2.92. The third-order valence-electron chi connectivity index (χ3n) is 4.22. The highest BCUT2D eigenvalue weighted by Gasteiger charge is 2.50. The summed E-state index contributed by atoms with van der Waals surface area (Å²) in [6.07, 6.45) is 4.48. The number of nitrogens with one attached hydrogen (secondary N) is 1. The second kappa shape index (κ2) is 2.66. The molecule has 2 unspecified atom stereocenters. The summed E-state index contributed by atoms with van der Waals surface area (Å²) >= 11 is 2.11. The highest BCUT2D eigenvalue weighted by atomic mass is 32.2. The smallest absolute Gasteiger partial charge is 0.0302 e. The first-order valence-electron chi connectivity index (χ1n) is 5.57. The van der Waals surface area contributed by atoms with E-state index in [1.807, 2.05) is 0 Å². The number of fused-ring (bicyclic) bond motifs is 1. The molecular weight excluding hydrogens is 178 g/mol. The topological polar surface area (TPSA) is 12.0 Å². The molecule has 2 aliphatic carbocycles. The molecule has 1 N–H and O–H groups in total. The quantitative estimate of drug-likeness (QED) is 0.729. The van der Waals surface area contributed by atoms with Crippen LogP contribution in [0.5, 0.6) is 0 Å². The highest BCUT2D eigenvalue weighted by Crippen LogP contribution is 2.52. The molecule has 0 amide bonds. The molecule has 0 aromatic heterocycles. The Morgan fingerprint density at radius 1 is 1.31 bits per heavy atom. The molecule has 0 spiro atoms. The van der Waals surface area contributed by atoms with E-state index in [1.165, 1.54) is 25.0 Å². The summed E-state index contributed by atoms with van der Waals surface area (Å²) in [4.78, 5) is 0. The lowest BCUT2D eigenvalue weighted by Gasteiger charge is -2.45. The molecule has 3 aliphatic rings. The van der Waals surface area contributed by atoms with Crippen LogP contribution in [0, 0.1) is 11.8 Å². The van der Waals surface area contributed by atoms with Crippen molar-refractivity contribution in [1.29, 1.82) is 0 Å². The van der Waals surface area contributed by atoms with Crippen LogP contribution in [-0.4, -0.2) is 22.6 Å². The van der Waals surface area contributed by atoms with Gasteiger partial charge >= 0.3 is 0 Å². The molecule has 0 aromatic carbocycles. The molecule has 1 nitrogen and oxygen atoms in total. The molecule has 74 valence electrons. The van der Waals surface area contributed by atoms with E-state index in [4.69, 9.17) is 0 Å². The SMILES string of the molecule is CC1(C)SCC1NC1CC[C@@H]2C[C@H]12. The molecule has 1 saturated heterocycles. The van der Waals surface area contributed by atoms with Gasteiger partial charge in [0.1, 0.15) is 0 Å². The molecule has 2 heteroatoms. The minimum atomic E-state index is 0.507. The number of thioether (sulfide) groups is 1. The Morgan fingerprint density at radius 2 is 2.15 bits per heavy atom. The van der Waals surface area contributed by atoms with Gasteiger partial charge in [-0.25, -0.2) is 0 Å². The lowest BCUT2D eigenvalue weighted by atomic mass is 10.0. The largest absolute Gasteiger partial charge is 0.309 e. The lowest BCUT2D eigenvalue weighted by Crippen LogP contribution is -2.57. The van der Waals surface area contributed by atoms with Crippen molar-refractivity contribution < 1.29 is 0 Å². The van der Waals surface area contributed by atoms with Crippen LogP contribution in [-0.2, 0) is 0 Å². The third-order valence-corrected chi connectivity index (χ3v) is 5.75. The summed E-state index contributed by atoms with van der Waals surface area (Å²) in [7, 11) is 0. The molecule has 1 aliphatic heterocycles. The summed E-state index contributed by atoms with van der Waals surface area (Å²) in [6.45, 7) is 4.75. The molecule has 2 saturated carbocycles. The van der Waals surface area contributed by atoms with Gasteiger partial charge in [-0.05, 0) is 44.9 Å². The van der Waals surface area contributed by atoms with Crippen molar-refractivity contribution in [3.63, 3.8) is 0 Å². The minimum Gasteiger partial charge on any atom is -0.309 e. The van der Waals surface area contributed by atoms with E-state index in [-0.39, 0.29) is 0 Å². The van der Waals surface area contributed by atoms with Gasteiger partial charge in [0.25, 0.3) is 0 Å². The third kappa shape index (κ3) is 1.33. The molecule has 0 bridgehead atoms. The second-order valence-electron chi connectivity index (χ2n) is 5.48. The van der Waals surface area contributed by atoms with Crippen LogP contribution in [0.2, 0.25) is 0 Å². The molecule has 13 heavy (non-hydrogen) atoms. The van der Waals surface area contributed by atoms with Crippen molar-refractivity contribution in [3.05, 3.63) is 0 Å². The van der Waals surface area contributed by atoms with Gasteiger partial charge < -0.3 is 5.32 Å². The Bertz CT molecular complexity index is 226. The Balaban J connectivity index is 1.57. The number of rotatable bonds is 2. The summed E-state index contributed by atoms with van der Waals surface area (Å²) < 4.78 is 0.507. The van der Waals surface area contributed by atoms with Crippen LogP contribution < -0.4 is 5.32 Å². The van der Waals surface area contributed by atoms with Gasteiger partial charge in [-0.15, -0.1) is 0 Å². The maximum Gasteiger partial charge on any atom is 0.0302 e. The van der Waals surface area contributed by atoms with Gasteiger partial charge in [0.2, 0.25) is 0 Å². The monoisotopic (exact) mass is 197 g/mol. The van der Waals surface area contributed by atoms with E-state index >= 15 is 0 Å². The summed E-state index contributed by atoms with van der Waals surface area (Å²) in [5.41, 5.74) is 0. The van der Waals surface area contributed by atoms with Crippen LogP contribution in [0.4, 0.5) is 0 Å². The van der Waals surface area contributed by atoms with E-state index in [0.29, 0.717) is 4.75 Å². The average Bonchev–Trinajstić information content (AvgIpc) is 2.76.